The van der Waals surface area contributed by atoms with Crippen molar-refractivity contribution in [3.63, 3.8) is 0 Å². The molecular weight excluding hydrogens is 338 g/mol. The van der Waals surface area contributed by atoms with Crippen molar-refractivity contribution < 1.29 is 10.2 Å². The van der Waals surface area contributed by atoms with E-state index in [4.69, 9.17) is 15.2 Å². The lowest BCUT2D eigenvalue weighted by molar-refractivity contribution is -0.127. The average molecular weight is 367 g/mol. The third-order valence-electron chi connectivity index (χ3n) is 4.94. The quantitative estimate of drug-likeness (QED) is 0.664. The summed E-state index contributed by atoms with van der Waals surface area (Å²) in [6, 6.07) is 13.6. The standard InChI is InChI=1S/C19H21N3.C3H8O2/c1-13-18-10-11-22(19(18)21-14(2)20-13)17-9-8-16(12-17)15-6-4-3-5-7-15;1-3(2,4)5/h3-7,10-11,16-17H,8-9,12H2,1-2H3;4-5H,1-2H3. The molecule has 3 aromatic rings. The van der Waals surface area contributed by atoms with Crippen molar-refractivity contribution >= 4 is 11.0 Å². The Morgan fingerprint density at radius 1 is 1.00 bits per heavy atom. The van der Waals surface area contributed by atoms with E-state index in [1.54, 1.807) is 0 Å². The van der Waals surface area contributed by atoms with Gasteiger partial charge in [-0.2, -0.15) is 0 Å². The number of rotatable bonds is 2. The van der Waals surface area contributed by atoms with E-state index in [1.165, 1.54) is 44.1 Å². The molecule has 4 rings (SSSR count). The van der Waals surface area contributed by atoms with Gasteiger partial charge in [-0.25, -0.2) is 9.97 Å². The maximum Gasteiger partial charge on any atom is 0.156 e. The molecule has 1 aliphatic rings. The number of hydrogen-bond donors (Lipinski definition) is 2. The molecular formula is C22H29N3O2. The fraction of sp³-hybridized carbons (Fsp3) is 0.455. The van der Waals surface area contributed by atoms with Gasteiger partial charge < -0.3 is 14.8 Å². The molecule has 0 spiro atoms. The Morgan fingerprint density at radius 3 is 2.33 bits per heavy atom. The summed E-state index contributed by atoms with van der Waals surface area (Å²) in [6.45, 7) is 6.65. The molecule has 1 aliphatic carbocycles. The number of aliphatic hydroxyl groups is 2. The monoisotopic (exact) mass is 367 g/mol. The van der Waals surface area contributed by atoms with Crippen molar-refractivity contribution in [3.05, 3.63) is 59.7 Å². The summed E-state index contributed by atoms with van der Waals surface area (Å²) in [5, 5.41) is 17.3. The van der Waals surface area contributed by atoms with Crippen LogP contribution in [-0.4, -0.2) is 30.5 Å². The van der Waals surface area contributed by atoms with Gasteiger partial charge >= 0.3 is 0 Å². The van der Waals surface area contributed by atoms with Crippen molar-refractivity contribution in [2.24, 2.45) is 0 Å². The second-order valence-electron chi connectivity index (χ2n) is 7.89. The first kappa shape index (κ1) is 19.5. The summed E-state index contributed by atoms with van der Waals surface area (Å²) in [7, 11) is 0. The Morgan fingerprint density at radius 2 is 1.67 bits per heavy atom. The van der Waals surface area contributed by atoms with E-state index in [-0.39, 0.29) is 0 Å². The van der Waals surface area contributed by atoms with Crippen molar-refractivity contribution in [2.45, 2.75) is 64.7 Å². The fourth-order valence-electron chi connectivity index (χ4n) is 3.85. The van der Waals surface area contributed by atoms with Crippen molar-refractivity contribution in [3.8, 4) is 0 Å². The highest BCUT2D eigenvalue weighted by atomic mass is 16.5. The van der Waals surface area contributed by atoms with Crippen LogP contribution in [0.3, 0.4) is 0 Å². The van der Waals surface area contributed by atoms with E-state index in [1.807, 2.05) is 6.92 Å². The van der Waals surface area contributed by atoms with Crippen LogP contribution in [0.25, 0.3) is 11.0 Å². The van der Waals surface area contributed by atoms with Gasteiger partial charge in [0, 0.05) is 17.6 Å². The van der Waals surface area contributed by atoms with Crippen LogP contribution < -0.4 is 0 Å². The SMILES string of the molecule is CC(C)(O)O.Cc1nc(C)c2ccn(C3CCC(c4ccccc4)C3)c2n1. The van der Waals surface area contributed by atoms with E-state index < -0.39 is 5.79 Å². The lowest BCUT2D eigenvalue weighted by Crippen LogP contribution is -2.15. The van der Waals surface area contributed by atoms with Gasteiger partial charge in [0.15, 0.2) is 5.79 Å². The van der Waals surface area contributed by atoms with E-state index >= 15 is 0 Å². The largest absolute Gasteiger partial charge is 0.366 e. The van der Waals surface area contributed by atoms with E-state index in [0.29, 0.717) is 12.0 Å². The third-order valence-corrected chi connectivity index (χ3v) is 4.94. The molecule has 0 aliphatic heterocycles. The summed E-state index contributed by atoms with van der Waals surface area (Å²) in [4.78, 5) is 9.17. The van der Waals surface area contributed by atoms with Crippen LogP contribution >= 0.6 is 0 Å². The number of benzene rings is 1. The predicted octanol–water partition coefficient (Wildman–Crippen LogP) is 4.26. The molecule has 1 saturated carbocycles. The van der Waals surface area contributed by atoms with Gasteiger partial charge in [0.2, 0.25) is 0 Å². The van der Waals surface area contributed by atoms with Crippen molar-refractivity contribution in [1.29, 1.82) is 0 Å². The maximum atomic E-state index is 8.08. The van der Waals surface area contributed by atoms with Crippen LogP contribution in [0.2, 0.25) is 0 Å². The fourth-order valence-corrected chi connectivity index (χ4v) is 3.85. The molecule has 5 heteroatoms. The molecule has 0 amide bonds. The Bertz CT molecular complexity index is 891. The van der Waals surface area contributed by atoms with Crippen molar-refractivity contribution in [2.75, 3.05) is 0 Å². The van der Waals surface area contributed by atoms with Gasteiger partial charge in [-0.15, -0.1) is 0 Å². The van der Waals surface area contributed by atoms with E-state index in [9.17, 15) is 0 Å². The van der Waals surface area contributed by atoms with Crippen LogP contribution in [0.15, 0.2) is 42.6 Å². The molecule has 2 N–H and O–H groups in total. The first-order chi connectivity index (χ1) is 12.7. The molecule has 5 nitrogen and oxygen atoms in total. The molecule has 2 unspecified atom stereocenters. The number of nitrogens with zero attached hydrogens (tertiary/aromatic N) is 3. The molecule has 144 valence electrons. The Labute approximate surface area is 160 Å². The zero-order chi connectivity index (χ0) is 19.6. The normalized spacial score (nSPS) is 19.8. The molecule has 1 aromatic carbocycles. The average Bonchev–Trinajstić information content (AvgIpc) is 3.20. The molecule has 0 saturated heterocycles. The summed E-state index contributed by atoms with van der Waals surface area (Å²) >= 11 is 0. The smallest absolute Gasteiger partial charge is 0.156 e. The molecule has 0 radical (unpaired) electrons. The molecule has 1 fully saturated rings. The zero-order valence-electron chi connectivity index (χ0n) is 16.6. The highest BCUT2D eigenvalue weighted by Crippen LogP contribution is 2.42. The minimum absolute atomic E-state index is 0.552. The summed E-state index contributed by atoms with van der Waals surface area (Å²) in [6.07, 6.45) is 5.89. The maximum absolute atomic E-state index is 8.08. The molecule has 2 heterocycles. The molecule has 2 aromatic heterocycles. The van der Waals surface area contributed by atoms with Crippen LogP contribution in [0.1, 0.15) is 62.2 Å². The van der Waals surface area contributed by atoms with Gasteiger partial charge in [0.1, 0.15) is 11.5 Å². The minimum atomic E-state index is -1.50. The van der Waals surface area contributed by atoms with Crippen LogP contribution in [0.4, 0.5) is 0 Å². The molecule has 0 bridgehead atoms. The first-order valence-corrected chi connectivity index (χ1v) is 9.54. The third kappa shape index (κ3) is 4.93. The van der Waals surface area contributed by atoms with E-state index in [0.717, 1.165) is 17.2 Å². The number of aromatic nitrogens is 3. The van der Waals surface area contributed by atoms with E-state index in [2.05, 4.69) is 59.1 Å². The summed E-state index contributed by atoms with van der Waals surface area (Å²) in [5.41, 5.74) is 3.66. The zero-order valence-corrected chi connectivity index (χ0v) is 16.6. The number of hydrogen-bond acceptors (Lipinski definition) is 4. The van der Waals surface area contributed by atoms with Crippen LogP contribution in [0.5, 0.6) is 0 Å². The van der Waals surface area contributed by atoms with Gasteiger partial charge in [-0.05, 0) is 64.5 Å². The molecule has 2 atom stereocenters. The number of fused-ring (bicyclic) bond motifs is 1. The van der Waals surface area contributed by atoms with Gasteiger partial charge in [-0.1, -0.05) is 30.3 Å². The Balaban J connectivity index is 0.000000376. The minimum Gasteiger partial charge on any atom is -0.366 e. The second-order valence-corrected chi connectivity index (χ2v) is 7.89. The molecule has 27 heavy (non-hydrogen) atoms. The highest BCUT2D eigenvalue weighted by molar-refractivity contribution is 5.78. The Kier molecular flexibility index (Phi) is 5.63. The first-order valence-electron chi connectivity index (χ1n) is 9.54. The van der Waals surface area contributed by atoms with Gasteiger partial charge in [0.25, 0.3) is 0 Å². The lowest BCUT2D eigenvalue weighted by Gasteiger charge is -2.15. The number of aryl methyl sites for hydroxylation is 2. The van der Waals surface area contributed by atoms with Crippen LogP contribution in [0, 0.1) is 13.8 Å². The second kappa shape index (κ2) is 7.79. The predicted molar refractivity (Wildman–Crippen MR) is 108 cm³/mol. The Hall–Kier alpha value is -2.24. The lowest BCUT2D eigenvalue weighted by atomic mass is 9.98. The van der Waals surface area contributed by atoms with Gasteiger partial charge in [0.05, 0.1) is 5.69 Å². The van der Waals surface area contributed by atoms with Gasteiger partial charge in [-0.3, -0.25) is 0 Å². The summed E-state index contributed by atoms with van der Waals surface area (Å²) < 4.78 is 2.37. The van der Waals surface area contributed by atoms with Crippen molar-refractivity contribution in [1.82, 2.24) is 14.5 Å². The topological polar surface area (TPSA) is 71.2 Å². The highest BCUT2D eigenvalue weighted by Gasteiger charge is 2.28. The van der Waals surface area contributed by atoms with Crippen LogP contribution in [-0.2, 0) is 0 Å². The summed E-state index contributed by atoms with van der Waals surface area (Å²) in [5.74, 6) is 0.0373.